The highest BCUT2D eigenvalue weighted by Gasteiger charge is 2.46. The Kier molecular flexibility index (Phi) is 7.13. The van der Waals surface area contributed by atoms with E-state index in [0.717, 1.165) is 43.4 Å². The lowest BCUT2D eigenvalue weighted by molar-refractivity contribution is -0.136. The van der Waals surface area contributed by atoms with Gasteiger partial charge < -0.3 is 15.3 Å². The molecule has 0 heterocycles. The second-order valence-electron chi connectivity index (χ2n) is 10.4. The molecule has 1 unspecified atom stereocenters. The van der Waals surface area contributed by atoms with Crippen LogP contribution in [0.1, 0.15) is 79.1 Å². The maximum atomic E-state index is 10.1. The van der Waals surface area contributed by atoms with Crippen LogP contribution in [0.4, 0.5) is 0 Å². The predicted octanol–water partition coefficient (Wildman–Crippen LogP) is 5.68. The molecule has 4 heteroatoms. The second-order valence-corrected chi connectivity index (χ2v) is 11.8. The van der Waals surface area contributed by atoms with E-state index < -0.39 is 11.4 Å². The van der Waals surface area contributed by atoms with Gasteiger partial charge in [0.1, 0.15) is 0 Å². The highest BCUT2D eigenvalue weighted by Crippen LogP contribution is 2.56. The SMILES string of the molecule is C=C1/C(=C\C=C2/CCC[C@]3(C)C(C(C)SCCC(C)(C)O)=CC[C@@H]23)CCCC1(O)O. The van der Waals surface area contributed by atoms with Crippen LogP contribution < -0.4 is 0 Å². The highest BCUT2D eigenvalue weighted by atomic mass is 32.2. The molecule has 0 amide bonds. The third-order valence-corrected chi connectivity index (χ3v) is 8.67. The second kappa shape index (κ2) is 8.97. The van der Waals surface area contributed by atoms with E-state index in [9.17, 15) is 15.3 Å². The normalized spacial score (nSPS) is 33.0. The number of fused-ring (bicyclic) bond motifs is 1. The third kappa shape index (κ3) is 5.15. The molecule has 0 bridgehead atoms. The van der Waals surface area contributed by atoms with E-state index in [4.69, 9.17) is 0 Å². The molecule has 0 aromatic heterocycles. The molecule has 168 valence electrons. The molecule has 3 nitrogen and oxygen atoms in total. The standard InChI is InChI=1S/C26H40O3S/c1-18-20(8-7-15-26(18,28)29)10-11-21-9-6-14-25(5)22(12-13-23(21)25)19(2)30-17-16-24(3,4)27/h10-12,19,23,27-29H,1,6-9,13-17H2,2-5H3/b20-10-,21-11+/t19?,23-,25+/m0/s1. The number of aliphatic hydroxyl groups is 3. The highest BCUT2D eigenvalue weighted by molar-refractivity contribution is 8.00. The maximum Gasteiger partial charge on any atom is 0.189 e. The first-order chi connectivity index (χ1) is 13.9. The van der Waals surface area contributed by atoms with Gasteiger partial charge in [-0.2, -0.15) is 11.8 Å². The predicted molar refractivity (Wildman–Crippen MR) is 127 cm³/mol. The van der Waals surface area contributed by atoms with Crippen LogP contribution in [-0.4, -0.2) is 37.7 Å². The summed E-state index contributed by atoms with van der Waals surface area (Å²) in [5.41, 5.74) is 4.14. The Bertz CT molecular complexity index is 753. The minimum Gasteiger partial charge on any atom is -0.390 e. The first-order valence-electron chi connectivity index (χ1n) is 11.5. The lowest BCUT2D eigenvalue weighted by atomic mass is 9.64. The van der Waals surface area contributed by atoms with Crippen molar-refractivity contribution in [2.24, 2.45) is 11.3 Å². The number of hydrogen-bond donors (Lipinski definition) is 3. The summed E-state index contributed by atoms with van der Waals surface area (Å²) in [5, 5.41) is 30.7. The molecule has 3 N–H and O–H groups in total. The summed E-state index contributed by atoms with van der Waals surface area (Å²) in [5.74, 6) is -0.231. The van der Waals surface area contributed by atoms with Gasteiger partial charge in [0.15, 0.2) is 5.79 Å². The van der Waals surface area contributed by atoms with Gasteiger partial charge in [0.2, 0.25) is 0 Å². The minimum atomic E-state index is -1.75. The van der Waals surface area contributed by atoms with Crippen molar-refractivity contribution in [3.8, 4) is 0 Å². The molecule has 0 aliphatic heterocycles. The van der Waals surface area contributed by atoms with Crippen molar-refractivity contribution in [1.82, 2.24) is 0 Å². The van der Waals surface area contributed by atoms with E-state index in [2.05, 4.69) is 38.7 Å². The van der Waals surface area contributed by atoms with Crippen molar-refractivity contribution in [2.45, 2.75) is 95.7 Å². The van der Waals surface area contributed by atoms with Crippen LogP contribution in [-0.2, 0) is 0 Å². The Morgan fingerprint density at radius 3 is 2.63 bits per heavy atom. The lowest BCUT2D eigenvalue weighted by Gasteiger charge is -2.42. The van der Waals surface area contributed by atoms with Crippen LogP contribution in [0.15, 0.2) is 47.1 Å². The molecule has 0 aromatic carbocycles. The molecule has 30 heavy (non-hydrogen) atoms. The van der Waals surface area contributed by atoms with E-state index in [1.54, 1.807) is 5.57 Å². The third-order valence-electron chi connectivity index (χ3n) is 7.47. The van der Waals surface area contributed by atoms with Crippen LogP contribution in [0.2, 0.25) is 0 Å². The van der Waals surface area contributed by atoms with Crippen molar-refractivity contribution >= 4 is 11.8 Å². The minimum absolute atomic E-state index is 0.213. The Labute approximate surface area is 187 Å². The summed E-state index contributed by atoms with van der Waals surface area (Å²) >= 11 is 1.97. The van der Waals surface area contributed by atoms with Gasteiger partial charge >= 0.3 is 0 Å². The van der Waals surface area contributed by atoms with Crippen LogP contribution in [0.3, 0.4) is 0 Å². The van der Waals surface area contributed by atoms with Crippen molar-refractivity contribution in [1.29, 1.82) is 0 Å². The van der Waals surface area contributed by atoms with Gasteiger partial charge in [-0.15, -0.1) is 0 Å². The Balaban J connectivity index is 1.71. The number of hydrogen-bond acceptors (Lipinski definition) is 4. The largest absolute Gasteiger partial charge is 0.390 e. The molecule has 3 aliphatic rings. The van der Waals surface area contributed by atoms with Crippen LogP contribution >= 0.6 is 11.8 Å². The summed E-state index contributed by atoms with van der Waals surface area (Å²) in [6.45, 7) is 12.5. The van der Waals surface area contributed by atoms with Crippen molar-refractivity contribution in [3.05, 3.63) is 47.1 Å². The van der Waals surface area contributed by atoms with Gasteiger partial charge in [-0.05, 0) is 88.4 Å². The fourth-order valence-corrected chi connectivity index (χ4v) is 7.05. The first-order valence-corrected chi connectivity index (χ1v) is 12.6. The van der Waals surface area contributed by atoms with Crippen molar-refractivity contribution in [3.63, 3.8) is 0 Å². The molecule has 0 radical (unpaired) electrons. The first kappa shape index (κ1) is 23.8. The van der Waals surface area contributed by atoms with Crippen molar-refractivity contribution in [2.75, 3.05) is 5.75 Å². The molecule has 2 fully saturated rings. The summed E-state index contributed by atoms with van der Waals surface area (Å²) < 4.78 is 0. The van der Waals surface area contributed by atoms with E-state index in [-0.39, 0.29) is 5.41 Å². The van der Waals surface area contributed by atoms with Gasteiger partial charge in [0.05, 0.1) is 5.60 Å². The zero-order valence-corrected chi connectivity index (χ0v) is 20.0. The summed E-state index contributed by atoms with van der Waals surface area (Å²) in [6.07, 6.45) is 14.3. The molecule has 2 saturated carbocycles. The molecule has 3 atom stereocenters. The van der Waals surface area contributed by atoms with Gasteiger partial charge in [-0.3, -0.25) is 0 Å². The fraction of sp³-hybridized carbons (Fsp3) is 0.692. The summed E-state index contributed by atoms with van der Waals surface area (Å²) in [6, 6.07) is 0. The summed E-state index contributed by atoms with van der Waals surface area (Å²) in [7, 11) is 0. The smallest absolute Gasteiger partial charge is 0.189 e. The number of allylic oxidation sites excluding steroid dienone is 4. The van der Waals surface area contributed by atoms with E-state index in [1.165, 1.54) is 18.4 Å². The van der Waals surface area contributed by atoms with Gasteiger partial charge in [-0.25, -0.2) is 0 Å². The molecule has 0 spiro atoms. The average Bonchev–Trinajstić information content (AvgIpc) is 2.99. The zero-order chi connectivity index (χ0) is 22.2. The average molecular weight is 433 g/mol. The Hall–Kier alpha value is -0.810. The Morgan fingerprint density at radius 2 is 1.93 bits per heavy atom. The molecule has 3 rings (SSSR count). The van der Waals surface area contributed by atoms with E-state index in [0.29, 0.717) is 23.2 Å². The maximum absolute atomic E-state index is 10.1. The molecular formula is C26H40O3S. The quantitative estimate of drug-likeness (QED) is 0.373. The van der Waals surface area contributed by atoms with Gasteiger partial charge in [0, 0.05) is 17.2 Å². The monoisotopic (exact) mass is 432 g/mol. The molecule has 0 saturated heterocycles. The number of thioether (sulfide) groups is 1. The molecular weight excluding hydrogens is 392 g/mol. The summed E-state index contributed by atoms with van der Waals surface area (Å²) in [4.78, 5) is 0. The van der Waals surface area contributed by atoms with E-state index in [1.807, 2.05) is 25.6 Å². The fourth-order valence-electron chi connectivity index (χ4n) is 5.53. The van der Waals surface area contributed by atoms with Crippen LogP contribution in [0.5, 0.6) is 0 Å². The number of rotatable bonds is 6. The van der Waals surface area contributed by atoms with E-state index >= 15 is 0 Å². The topological polar surface area (TPSA) is 60.7 Å². The van der Waals surface area contributed by atoms with Crippen molar-refractivity contribution < 1.29 is 15.3 Å². The molecule has 3 aliphatic carbocycles. The molecule has 0 aromatic rings. The van der Waals surface area contributed by atoms with Crippen LogP contribution in [0, 0.1) is 11.3 Å². The Morgan fingerprint density at radius 1 is 1.23 bits per heavy atom. The zero-order valence-electron chi connectivity index (χ0n) is 19.2. The van der Waals surface area contributed by atoms with Gasteiger partial charge in [-0.1, -0.05) is 42.9 Å². The van der Waals surface area contributed by atoms with Crippen LogP contribution in [0.25, 0.3) is 0 Å². The van der Waals surface area contributed by atoms with Gasteiger partial charge in [0.25, 0.3) is 0 Å². The lowest BCUT2D eigenvalue weighted by Crippen LogP contribution is -2.34.